The maximum absolute atomic E-state index is 12.4. The first-order valence-electron chi connectivity index (χ1n) is 11.6. The number of carbonyl (C=O) groups excluding carboxylic acids is 1. The molecule has 0 aliphatic rings. The number of phenols is 1. The quantitative estimate of drug-likeness (QED) is 0.318. The van der Waals surface area contributed by atoms with Crippen molar-refractivity contribution in [3.8, 4) is 22.6 Å². The van der Waals surface area contributed by atoms with Gasteiger partial charge in [-0.3, -0.25) is 9.59 Å². The highest BCUT2D eigenvalue weighted by molar-refractivity contribution is 5.94. The standard InChI is InChI=1S/C28H31NO5/c1-2-3-4-24(28(32)33)19-20-5-15-26(16-6-20)34-18-17-29-27(31)23-9-7-21(8-10-23)22-11-13-25(30)14-12-22/h5-16,24,30H,2-4,17-19H2,1H3,(H,29,31)(H,32,33). The van der Waals surface area contributed by atoms with E-state index in [0.29, 0.717) is 37.3 Å². The minimum atomic E-state index is -0.750. The number of ether oxygens (including phenoxy) is 1. The number of benzene rings is 3. The molecule has 34 heavy (non-hydrogen) atoms. The number of carboxylic acids is 1. The Bertz CT molecular complexity index is 1060. The fraction of sp³-hybridized carbons (Fsp3) is 0.286. The molecule has 0 fully saturated rings. The molecule has 0 saturated carbocycles. The topological polar surface area (TPSA) is 95.9 Å². The zero-order valence-electron chi connectivity index (χ0n) is 19.4. The van der Waals surface area contributed by atoms with E-state index in [-0.39, 0.29) is 17.6 Å². The molecule has 0 aliphatic carbocycles. The van der Waals surface area contributed by atoms with Crippen LogP contribution in [0, 0.1) is 5.92 Å². The van der Waals surface area contributed by atoms with Crippen LogP contribution in [0.3, 0.4) is 0 Å². The predicted octanol–water partition coefficient (Wildman–Crippen LogP) is 5.30. The number of amides is 1. The van der Waals surface area contributed by atoms with Crippen LogP contribution in [0.5, 0.6) is 11.5 Å². The molecule has 1 atom stereocenters. The Morgan fingerprint density at radius 1 is 0.912 bits per heavy atom. The molecule has 0 spiro atoms. The summed E-state index contributed by atoms with van der Waals surface area (Å²) in [5.74, 6) is -0.400. The van der Waals surface area contributed by atoms with Gasteiger partial charge in [0.15, 0.2) is 0 Å². The normalized spacial score (nSPS) is 11.6. The van der Waals surface area contributed by atoms with Crippen molar-refractivity contribution in [2.75, 3.05) is 13.2 Å². The number of carboxylic acid groups (broad SMARTS) is 1. The van der Waals surface area contributed by atoms with Crippen LogP contribution in [0.15, 0.2) is 72.8 Å². The third-order valence-electron chi connectivity index (χ3n) is 5.66. The zero-order chi connectivity index (χ0) is 24.3. The summed E-state index contributed by atoms with van der Waals surface area (Å²) in [6, 6.07) is 21.6. The van der Waals surface area contributed by atoms with Crippen LogP contribution in [0.25, 0.3) is 11.1 Å². The third-order valence-corrected chi connectivity index (χ3v) is 5.66. The summed E-state index contributed by atoms with van der Waals surface area (Å²) in [6.07, 6.45) is 3.09. The van der Waals surface area contributed by atoms with Crippen LogP contribution in [-0.2, 0) is 11.2 Å². The molecular formula is C28H31NO5. The maximum Gasteiger partial charge on any atom is 0.306 e. The van der Waals surface area contributed by atoms with Gasteiger partial charge in [0.2, 0.25) is 0 Å². The first-order valence-corrected chi connectivity index (χ1v) is 11.6. The molecule has 0 aromatic heterocycles. The Morgan fingerprint density at radius 3 is 2.12 bits per heavy atom. The molecule has 6 nitrogen and oxygen atoms in total. The molecule has 0 heterocycles. The molecule has 0 saturated heterocycles. The van der Waals surface area contributed by atoms with Gasteiger partial charge in [0.05, 0.1) is 12.5 Å². The molecule has 0 aliphatic heterocycles. The van der Waals surface area contributed by atoms with Crippen molar-refractivity contribution >= 4 is 11.9 Å². The molecule has 1 amide bonds. The van der Waals surface area contributed by atoms with Crippen molar-refractivity contribution in [1.82, 2.24) is 5.32 Å². The molecular weight excluding hydrogens is 430 g/mol. The van der Waals surface area contributed by atoms with E-state index >= 15 is 0 Å². The van der Waals surface area contributed by atoms with Gasteiger partial charge in [0, 0.05) is 5.56 Å². The van der Waals surface area contributed by atoms with Crippen molar-refractivity contribution in [3.05, 3.63) is 83.9 Å². The number of rotatable bonds is 12. The van der Waals surface area contributed by atoms with Gasteiger partial charge in [-0.05, 0) is 65.9 Å². The minimum absolute atomic E-state index is 0.178. The predicted molar refractivity (Wildman–Crippen MR) is 132 cm³/mol. The van der Waals surface area contributed by atoms with Gasteiger partial charge in [0.25, 0.3) is 5.91 Å². The summed E-state index contributed by atoms with van der Waals surface area (Å²) < 4.78 is 5.70. The van der Waals surface area contributed by atoms with E-state index in [0.717, 1.165) is 29.5 Å². The molecule has 6 heteroatoms. The van der Waals surface area contributed by atoms with Gasteiger partial charge in [-0.25, -0.2) is 0 Å². The third kappa shape index (κ3) is 7.37. The van der Waals surface area contributed by atoms with E-state index in [9.17, 15) is 19.8 Å². The maximum atomic E-state index is 12.4. The Morgan fingerprint density at radius 2 is 1.53 bits per heavy atom. The van der Waals surface area contributed by atoms with E-state index in [1.807, 2.05) is 48.5 Å². The number of nitrogens with one attached hydrogen (secondary N) is 1. The van der Waals surface area contributed by atoms with Crippen molar-refractivity contribution in [1.29, 1.82) is 0 Å². The molecule has 0 bridgehead atoms. The molecule has 3 aromatic carbocycles. The second-order valence-electron chi connectivity index (χ2n) is 8.25. The molecule has 3 N–H and O–H groups in total. The summed E-state index contributed by atoms with van der Waals surface area (Å²) in [6.45, 7) is 2.74. The van der Waals surface area contributed by atoms with Crippen LogP contribution < -0.4 is 10.1 Å². The first-order chi connectivity index (χ1) is 16.5. The highest BCUT2D eigenvalue weighted by Gasteiger charge is 2.17. The minimum Gasteiger partial charge on any atom is -0.508 e. The van der Waals surface area contributed by atoms with Gasteiger partial charge in [0.1, 0.15) is 18.1 Å². The Hall–Kier alpha value is -3.80. The van der Waals surface area contributed by atoms with Crippen molar-refractivity contribution in [3.63, 3.8) is 0 Å². The van der Waals surface area contributed by atoms with E-state index in [4.69, 9.17) is 4.74 Å². The largest absolute Gasteiger partial charge is 0.508 e. The average molecular weight is 462 g/mol. The lowest BCUT2D eigenvalue weighted by molar-refractivity contribution is -0.142. The van der Waals surface area contributed by atoms with E-state index in [1.54, 1.807) is 24.3 Å². The highest BCUT2D eigenvalue weighted by atomic mass is 16.5. The smallest absolute Gasteiger partial charge is 0.306 e. The van der Waals surface area contributed by atoms with Crippen LogP contribution in [0.1, 0.15) is 42.1 Å². The zero-order valence-corrected chi connectivity index (χ0v) is 19.4. The van der Waals surface area contributed by atoms with Crippen molar-refractivity contribution in [2.45, 2.75) is 32.6 Å². The van der Waals surface area contributed by atoms with Gasteiger partial charge < -0.3 is 20.3 Å². The molecule has 1 unspecified atom stereocenters. The number of phenolic OH excluding ortho intramolecular Hbond substituents is 1. The number of unbranched alkanes of at least 4 members (excludes halogenated alkanes) is 1. The van der Waals surface area contributed by atoms with Gasteiger partial charge in [-0.15, -0.1) is 0 Å². The molecule has 3 rings (SSSR count). The van der Waals surface area contributed by atoms with Gasteiger partial charge in [-0.2, -0.15) is 0 Å². The van der Waals surface area contributed by atoms with Crippen LogP contribution >= 0.6 is 0 Å². The van der Waals surface area contributed by atoms with E-state index in [1.165, 1.54) is 0 Å². The molecule has 178 valence electrons. The number of hydrogen-bond acceptors (Lipinski definition) is 4. The second-order valence-corrected chi connectivity index (χ2v) is 8.25. The number of hydrogen-bond donors (Lipinski definition) is 3. The summed E-state index contributed by atoms with van der Waals surface area (Å²) >= 11 is 0. The summed E-state index contributed by atoms with van der Waals surface area (Å²) in [5, 5.41) is 21.6. The fourth-order valence-corrected chi connectivity index (χ4v) is 3.67. The summed E-state index contributed by atoms with van der Waals surface area (Å²) in [5.41, 5.74) is 3.45. The number of carbonyl (C=O) groups is 2. The Kier molecular flexibility index (Phi) is 9.09. The van der Waals surface area contributed by atoms with Crippen LogP contribution in [-0.4, -0.2) is 35.2 Å². The van der Waals surface area contributed by atoms with Crippen molar-refractivity contribution in [2.24, 2.45) is 5.92 Å². The molecule has 0 radical (unpaired) electrons. The van der Waals surface area contributed by atoms with E-state index in [2.05, 4.69) is 12.2 Å². The van der Waals surface area contributed by atoms with E-state index < -0.39 is 5.97 Å². The lowest BCUT2D eigenvalue weighted by Gasteiger charge is -2.13. The van der Waals surface area contributed by atoms with Crippen LogP contribution in [0.2, 0.25) is 0 Å². The fourth-order valence-electron chi connectivity index (χ4n) is 3.67. The summed E-state index contributed by atoms with van der Waals surface area (Å²) in [7, 11) is 0. The van der Waals surface area contributed by atoms with Gasteiger partial charge in [-0.1, -0.05) is 56.2 Å². The Labute approximate surface area is 200 Å². The first kappa shape index (κ1) is 24.8. The SMILES string of the molecule is CCCCC(Cc1ccc(OCCNC(=O)c2ccc(-c3ccc(O)cc3)cc2)cc1)C(=O)O. The lowest BCUT2D eigenvalue weighted by Crippen LogP contribution is -2.28. The van der Waals surface area contributed by atoms with Crippen molar-refractivity contribution < 1.29 is 24.5 Å². The average Bonchev–Trinajstić information content (AvgIpc) is 2.85. The number of aliphatic carboxylic acids is 1. The Balaban J connectivity index is 1.43. The monoisotopic (exact) mass is 461 g/mol. The molecule has 3 aromatic rings. The summed E-state index contributed by atoms with van der Waals surface area (Å²) in [4.78, 5) is 23.8. The highest BCUT2D eigenvalue weighted by Crippen LogP contribution is 2.22. The van der Waals surface area contributed by atoms with Crippen LogP contribution in [0.4, 0.5) is 0 Å². The van der Waals surface area contributed by atoms with Gasteiger partial charge >= 0.3 is 5.97 Å². The lowest BCUT2D eigenvalue weighted by atomic mass is 9.94. The second kappa shape index (κ2) is 12.4. The number of aromatic hydroxyl groups is 1.